The molecule has 2 aromatic heterocycles. The second-order valence-corrected chi connectivity index (χ2v) is 6.76. The number of pyridine rings is 1. The number of anilines is 1. The lowest BCUT2D eigenvalue weighted by atomic mass is 10.2. The predicted molar refractivity (Wildman–Crippen MR) is 106 cm³/mol. The van der Waals surface area contributed by atoms with Gasteiger partial charge in [-0.15, -0.1) is 0 Å². The molecule has 29 heavy (non-hydrogen) atoms. The fraction of sp³-hybridized carbons (Fsp3) is 0.286. The van der Waals surface area contributed by atoms with Crippen molar-refractivity contribution in [3.8, 4) is 11.5 Å². The molecule has 8 heteroatoms. The number of amides is 1. The molecular formula is C21H22N4O4. The van der Waals surface area contributed by atoms with Gasteiger partial charge in [0.15, 0.2) is 11.5 Å². The summed E-state index contributed by atoms with van der Waals surface area (Å²) < 4.78 is 16.6. The first-order chi connectivity index (χ1) is 14.2. The van der Waals surface area contributed by atoms with E-state index in [1.165, 1.54) is 0 Å². The molecule has 0 bridgehead atoms. The smallest absolute Gasteiger partial charge is 0.252 e. The first-order valence-electron chi connectivity index (χ1n) is 9.46. The highest BCUT2D eigenvalue weighted by Gasteiger charge is 2.20. The normalized spacial score (nSPS) is 15.0. The molecule has 3 aromatic rings. The van der Waals surface area contributed by atoms with Gasteiger partial charge < -0.3 is 24.6 Å². The number of nitrogens with zero attached hydrogens (tertiary/aromatic N) is 2. The molecular weight excluding hydrogens is 372 g/mol. The topological polar surface area (TPSA) is 98.5 Å². The van der Waals surface area contributed by atoms with Gasteiger partial charge in [-0.25, -0.2) is 4.98 Å². The lowest BCUT2D eigenvalue weighted by molar-refractivity contribution is 0.0812. The average molecular weight is 394 g/mol. The highest BCUT2D eigenvalue weighted by molar-refractivity contribution is 5.94. The molecule has 0 saturated carbocycles. The predicted octanol–water partition coefficient (Wildman–Crippen LogP) is 2.95. The van der Waals surface area contributed by atoms with Crippen LogP contribution in [0.15, 0.2) is 53.2 Å². The van der Waals surface area contributed by atoms with E-state index >= 15 is 0 Å². The summed E-state index contributed by atoms with van der Waals surface area (Å²) in [4.78, 5) is 16.6. The largest absolute Gasteiger partial charge is 0.486 e. The second-order valence-electron chi connectivity index (χ2n) is 6.76. The molecule has 8 nitrogen and oxygen atoms in total. The Kier molecular flexibility index (Phi) is 5.60. The lowest BCUT2D eigenvalue weighted by Gasteiger charge is -2.26. The van der Waals surface area contributed by atoms with Crippen LogP contribution in [0.1, 0.15) is 28.2 Å². The van der Waals surface area contributed by atoms with E-state index in [2.05, 4.69) is 20.8 Å². The number of carbonyl (C=O) groups is 1. The van der Waals surface area contributed by atoms with Crippen LogP contribution in [0.2, 0.25) is 0 Å². The Morgan fingerprint density at radius 2 is 2.07 bits per heavy atom. The molecule has 1 aliphatic rings. The Morgan fingerprint density at radius 3 is 2.83 bits per heavy atom. The molecule has 0 aliphatic carbocycles. The van der Waals surface area contributed by atoms with Gasteiger partial charge in [-0.3, -0.25) is 4.79 Å². The van der Waals surface area contributed by atoms with Crippen molar-refractivity contribution in [2.45, 2.75) is 26.0 Å². The van der Waals surface area contributed by atoms with E-state index in [1.54, 1.807) is 18.3 Å². The third kappa shape index (κ3) is 4.84. The van der Waals surface area contributed by atoms with Crippen molar-refractivity contribution in [2.24, 2.45) is 0 Å². The summed E-state index contributed by atoms with van der Waals surface area (Å²) in [7, 11) is 0. The zero-order valence-electron chi connectivity index (χ0n) is 16.1. The zero-order chi connectivity index (χ0) is 20.1. The van der Waals surface area contributed by atoms with Crippen LogP contribution in [0.5, 0.6) is 11.5 Å². The molecule has 1 aromatic carbocycles. The molecule has 4 rings (SSSR count). The number of hydrogen-bond acceptors (Lipinski definition) is 7. The maximum atomic E-state index is 12.3. The second kappa shape index (κ2) is 8.64. The number of hydrogen-bond donors (Lipinski definition) is 2. The highest BCUT2D eigenvalue weighted by atomic mass is 16.6. The van der Waals surface area contributed by atoms with Gasteiger partial charge >= 0.3 is 0 Å². The fourth-order valence-corrected chi connectivity index (χ4v) is 2.97. The Morgan fingerprint density at radius 1 is 1.21 bits per heavy atom. The Labute approximate surface area is 168 Å². The zero-order valence-corrected chi connectivity index (χ0v) is 16.1. The summed E-state index contributed by atoms with van der Waals surface area (Å²) in [5, 5.41) is 9.94. The van der Waals surface area contributed by atoms with Gasteiger partial charge in [-0.1, -0.05) is 17.3 Å². The number of nitrogens with one attached hydrogen (secondary N) is 2. The van der Waals surface area contributed by atoms with Crippen molar-refractivity contribution in [1.82, 2.24) is 15.5 Å². The minimum absolute atomic E-state index is 0.0879. The number of benzene rings is 1. The fourth-order valence-electron chi connectivity index (χ4n) is 2.97. The number of ether oxygens (including phenoxy) is 2. The van der Waals surface area contributed by atoms with Gasteiger partial charge in [0, 0.05) is 25.2 Å². The van der Waals surface area contributed by atoms with E-state index < -0.39 is 0 Å². The number of aryl methyl sites for hydroxylation is 1. The molecule has 0 spiro atoms. The van der Waals surface area contributed by atoms with E-state index in [0.29, 0.717) is 37.5 Å². The van der Waals surface area contributed by atoms with Crippen molar-refractivity contribution in [3.05, 3.63) is 65.7 Å². The van der Waals surface area contributed by atoms with Gasteiger partial charge in [-0.2, -0.15) is 0 Å². The maximum absolute atomic E-state index is 12.3. The molecule has 2 N–H and O–H groups in total. The van der Waals surface area contributed by atoms with E-state index in [9.17, 15) is 4.79 Å². The third-order valence-electron chi connectivity index (χ3n) is 4.47. The maximum Gasteiger partial charge on any atom is 0.252 e. The molecule has 1 atom stereocenters. The Bertz CT molecular complexity index is 971. The van der Waals surface area contributed by atoms with Crippen LogP contribution in [0.4, 0.5) is 5.82 Å². The van der Waals surface area contributed by atoms with Crippen LogP contribution < -0.4 is 20.1 Å². The Hall–Kier alpha value is -3.55. The number of carbonyl (C=O) groups excluding carboxylic acids is 1. The van der Waals surface area contributed by atoms with Gasteiger partial charge in [-0.05, 0) is 31.2 Å². The van der Waals surface area contributed by atoms with E-state index in [0.717, 1.165) is 23.0 Å². The molecule has 1 aliphatic heterocycles. The SMILES string of the molecule is Cc1cc(CNc2ccc(C(=O)NCC[C@@H]3COc4ccccc4O3)cn2)no1. The molecule has 0 fully saturated rings. The van der Waals surface area contributed by atoms with Crippen molar-refractivity contribution in [2.75, 3.05) is 18.5 Å². The Balaban J connectivity index is 1.21. The van der Waals surface area contributed by atoms with Gasteiger partial charge in [0.2, 0.25) is 0 Å². The first kappa shape index (κ1) is 18.8. The van der Waals surface area contributed by atoms with Crippen LogP contribution in [0.3, 0.4) is 0 Å². The summed E-state index contributed by atoms with van der Waals surface area (Å²) in [6, 6.07) is 12.9. The molecule has 0 radical (unpaired) electrons. The monoisotopic (exact) mass is 394 g/mol. The van der Waals surface area contributed by atoms with E-state index in [4.69, 9.17) is 14.0 Å². The number of rotatable bonds is 7. The summed E-state index contributed by atoms with van der Waals surface area (Å²) in [5.41, 5.74) is 1.29. The standard InChI is InChI=1S/C21H22N4O4/c1-14-10-16(25-29-14)12-24-20-7-6-15(11-23-20)21(26)22-9-8-17-13-27-18-4-2-3-5-19(18)28-17/h2-7,10-11,17H,8-9,12-13H2,1H3,(H,22,26)(H,23,24)/t17-/m1/s1. The van der Waals surface area contributed by atoms with Gasteiger partial charge in [0.25, 0.3) is 5.91 Å². The van der Waals surface area contributed by atoms with Crippen molar-refractivity contribution >= 4 is 11.7 Å². The van der Waals surface area contributed by atoms with E-state index in [1.807, 2.05) is 37.3 Å². The van der Waals surface area contributed by atoms with Crippen LogP contribution in [-0.4, -0.2) is 35.3 Å². The highest BCUT2D eigenvalue weighted by Crippen LogP contribution is 2.31. The minimum Gasteiger partial charge on any atom is -0.486 e. The average Bonchev–Trinajstić information content (AvgIpc) is 3.17. The quantitative estimate of drug-likeness (QED) is 0.636. The number of para-hydroxylation sites is 2. The molecule has 150 valence electrons. The van der Waals surface area contributed by atoms with Crippen LogP contribution in [0, 0.1) is 6.92 Å². The number of fused-ring (bicyclic) bond motifs is 1. The van der Waals surface area contributed by atoms with Crippen molar-refractivity contribution in [1.29, 1.82) is 0 Å². The molecule has 3 heterocycles. The van der Waals surface area contributed by atoms with Crippen LogP contribution in [-0.2, 0) is 6.54 Å². The van der Waals surface area contributed by atoms with Gasteiger partial charge in [0.1, 0.15) is 30.0 Å². The lowest BCUT2D eigenvalue weighted by Crippen LogP contribution is -2.34. The minimum atomic E-state index is -0.173. The summed E-state index contributed by atoms with van der Waals surface area (Å²) in [6.07, 6.45) is 2.11. The summed E-state index contributed by atoms with van der Waals surface area (Å²) >= 11 is 0. The van der Waals surface area contributed by atoms with Crippen LogP contribution >= 0.6 is 0 Å². The van der Waals surface area contributed by atoms with E-state index in [-0.39, 0.29) is 12.0 Å². The molecule has 1 amide bonds. The summed E-state index contributed by atoms with van der Waals surface area (Å²) in [6.45, 7) is 3.30. The number of aromatic nitrogens is 2. The van der Waals surface area contributed by atoms with Crippen molar-refractivity contribution in [3.63, 3.8) is 0 Å². The van der Waals surface area contributed by atoms with Crippen LogP contribution in [0.25, 0.3) is 0 Å². The summed E-state index contributed by atoms with van der Waals surface area (Å²) in [5.74, 6) is 2.74. The molecule has 0 unspecified atom stereocenters. The van der Waals surface area contributed by atoms with Gasteiger partial charge in [0.05, 0.1) is 12.1 Å². The third-order valence-corrected chi connectivity index (χ3v) is 4.47. The molecule has 0 saturated heterocycles. The van der Waals surface area contributed by atoms with Crippen molar-refractivity contribution < 1.29 is 18.8 Å². The first-order valence-corrected chi connectivity index (χ1v) is 9.46.